The molecule has 108 valence electrons. The molecule has 1 aromatic rings. The number of hydrogen-bond donors (Lipinski definition) is 2. The molecule has 1 amide bonds. The van der Waals surface area contributed by atoms with Crippen molar-refractivity contribution in [3.8, 4) is 0 Å². The lowest BCUT2D eigenvalue weighted by Gasteiger charge is -2.28. The Hall–Kier alpha value is -0.920. The fourth-order valence-electron chi connectivity index (χ4n) is 1.39. The van der Waals surface area contributed by atoms with E-state index in [0.29, 0.717) is 11.1 Å². The van der Waals surface area contributed by atoms with Gasteiger partial charge < -0.3 is 5.32 Å². The summed E-state index contributed by atoms with van der Waals surface area (Å²) in [7, 11) is -3.76. The number of nitrogens with two attached hydrogens (primary N) is 1. The Kier molecular flexibility index (Phi) is 4.44. The van der Waals surface area contributed by atoms with Crippen LogP contribution in [0.15, 0.2) is 9.59 Å². The van der Waals surface area contributed by atoms with Gasteiger partial charge in [0.1, 0.15) is 4.21 Å². The summed E-state index contributed by atoms with van der Waals surface area (Å²) in [5.74, 6) is -0.272. The van der Waals surface area contributed by atoms with Crippen LogP contribution in [0.4, 0.5) is 0 Å². The van der Waals surface area contributed by atoms with Crippen molar-refractivity contribution in [3.05, 3.63) is 16.5 Å². The van der Waals surface area contributed by atoms with Crippen molar-refractivity contribution in [1.82, 2.24) is 5.32 Å². The molecule has 19 heavy (non-hydrogen) atoms. The molecule has 0 bridgehead atoms. The zero-order valence-corrected chi connectivity index (χ0v) is 13.4. The van der Waals surface area contributed by atoms with Crippen molar-refractivity contribution in [2.75, 3.05) is 0 Å². The molecule has 0 aliphatic rings. The number of primary sulfonamides is 1. The first-order valence-electron chi connectivity index (χ1n) is 5.86. The summed E-state index contributed by atoms with van der Waals surface area (Å²) in [4.78, 5) is 12.1. The largest absolute Gasteiger partial charge is 0.349 e. The molecule has 5 nitrogen and oxygen atoms in total. The van der Waals surface area contributed by atoms with Gasteiger partial charge in [0.25, 0.3) is 5.91 Å². The van der Waals surface area contributed by atoms with E-state index in [2.05, 4.69) is 5.32 Å². The first-order chi connectivity index (χ1) is 8.44. The minimum Gasteiger partial charge on any atom is -0.349 e. The number of carbonyl (C=O) groups is 1. The van der Waals surface area contributed by atoms with Crippen molar-refractivity contribution in [2.24, 2.45) is 10.6 Å². The Balaban J connectivity index is 3.01. The predicted octanol–water partition coefficient (Wildman–Crippen LogP) is 1.87. The van der Waals surface area contributed by atoms with Gasteiger partial charge in [-0.05, 0) is 24.8 Å². The molecule has 0 aliphatic carbocycles. The summed E-state index contributed by atoms with van der Waals surface area (Å²) in [6.45, 7) is 9.57. The van der Waals surface area contributed by atoms with Gasteiger partial charge in [-0.15, -0.1) is 11.3 Å². The van der Waals surface area contributed by atoms with E-state index in [1.54, 1.807) is 6.92 Å². The van der Waals surface area contributed by atoms with Gasteiger partial charge in [-0.2, -0.15) is 0 Å². The molecule has 1 heterocycles. The smallest absolute Gasteiger partial charge is 0.252 e. The fraction of sp³-hybridized carbons (Fsp3) is 0.583. The van der Waals surface area contributed by atoms with E-state index in [1.807, 2.05) is 27.7 Å². The minimum absolute atomic E-state index is 0.0303. The Morgan fingerprint density at radius 2 is 1.95 bits per heavy atom. The molecule has 0 saturated carbocycles. The molecule has 0 fully saturated rings. The molecule has 0 aromatic carbocycles. The number of thiophene rings is 1. The third-order valence-electron chi connectivity index (χ3n) is 3.14. The predicted molar refractivity (Wildman–Crippen MR) is 76.8 cm³/mol. The van der Waals surface area contributed by atoms with Crippen LogP contribution in [0.1, 0.15) is 43.6 Å². The molecule has 1 unspecified atom stereocenters. The SMILES string of the molecule is Cc1c(C(=O)NC(C)C(C)(C)C)csc1S(N)(=O)=O. The van der Waals surface area contributed by atoms with Crippen LogP contribution in [-0.2, 0) is 10.0 Å². The van der Waals surface area contributed by atoms with Crippen molar-refractivity contribution >= 4 is 27.3 Å². The molecule has 3 N–H and O–H groups in total. The molecule has 0 aliphatic heterocycles. The van der Waals surface area contributed by atoms with Gasteiger partial charge in [0.2, 0.25) is 10.0 Å². The van der Waals surface area contributed by atoms with Crippen molar-refractivity contribution in [3.63, 3.8) is 0 Å². The van der Waals surface area contributed by atoms with Gasteiger partial charge in [-0.3, -0.25) is 4.79 Å². The zero-order chi connectivity index (χ0) is 15.0. The molecule has 1 aromatic heterocycles. The molecule has 1 atom stereocenters. The Labute approximate surface area is 118 Å². The summed E-state index contributed by atoms with van der Waals surface area (Å²) >= 11 is 0.972. The molecule has 0 saturated heterocycles. The fourth-order valence-corrected chi connectivity index (χ4v) is 3.41. The van der Waals surface area contributed by atoms with Gasteiger partial charge in [-0.25, -0.2) is 13.6 Å². The lowest BCUT2D eigenvalue weighted by molar-refractivity contribution is 0.0910. The number of carbonyl (C=O) groups excluding carboxylic acids is 1. The Morgan fingerprint density at radius 1 is 1.42 bits per heavy atom. The molecule has 0 spiro atoms. The quantitative estimate of drug-likeness (QED) is 0.893. The summed E-state index contributed by atoms with van der Waals surface area (Å²) in [6.07, 6.45) is 0. The van der Waals surface area contributed by atoms with E-state index < -0.39 is 10.0 Å². The molecule has 1 rings (SSSR count). The lowest BCUT2D eigenvalue weighted by atomic mass is 9.88. The minimum atomic E-state index is -3.76. The van der Waals surface area contributed by atoms with E-state index >= 15 is 0 Å². The van der Waals surface area contributed by atoms with Gasteiger partial charge in [-0.1, -0.05) is 20.8 Å². The van der Waals surface area contributed by atoms with Crippen LogP contribution >= 0.6 is 11.3 Å². The highest BCUT2D eigenvalue weighted by Gasteiger charge is 2.25. The van der Waals surface area contributed by atoms with Crippen molar-refractivity contribution in [1.29, 1.82) is 0 Å². The summed E-state index contributed by atoms with van der Waals surface area (Å²) in [6, 6.07) is -0.0303. The van der Waals surface area contributed by atoms with Gasteiger partial charge in [0.05, 0.1) is 5.56 Å². The van der Waals surface area contributed by atoms with Crippen LogP contribution < -0.4 is 10.5 Å². The number of amides is 1. The maximum Gasteiger partial charge on any atom is 0.252 e. The normalized spacial score (nSPS) is 14.2. The number of nitrogens with one attached hydrogen (secondary N) is 1. The number of rotatable bonds is 3. The average molecular weight is 304 g/mol. The van der Waals surface area contributed by atoms with E-state index in [0.717, 1.165) is 11.3 Å². The van der Waals surface area contributed by atoms with Crippen LogP contribution in [0.3, 0.4) is 0 Å². The van der Waals surface area contributed by atoms with E-state index in [4.69, 9.17) is 5.14 Å². The summed E-state index contributed by atoms with van der Waals surface area (Å²) in [5.41, 5.74) is 0.707. The first-order valence-corrected chi connectivity index (χ1v) is 8.29. The van der Waals surface area contributed by atoms with Crippen LogP contribution in [-0.4, -0.2) is 20.4 Å². The lowest BCUT2D eigenvalue weighted by Crippen LogP contribution is -2.41. The molecule has 0 radical (unpaired) electrons. The standard InChI is InChI=1S/C12H20N2O3S2/c1-7-9(6-18-11(7)19(13,16)17)10(15)14-8(2)12(3,4)5/h6,8H,1-5H3,(H,14,15)(H2,13,16,17). The molecular weight excluding hydrogens is 284 g/mol. The third-order valence-corrected chi connectivity index (χ3v) is 5.83. The van der Waals surface area contributed by atoms with Gasteiger partial charge in [0, 0.05) is 11.4 Å². The second kappa shape index (κ2) is 5.22. The highest BCUT2D eigenvalue weighted by Crippen LogP contribution is 2.26. The topological polar surface area (TPSA) is 89.3 Å². The zero-order valence-electron chi connectivity index (χ0n) is 11.8. The van der Waals surface area contributed by atoms with Gasteiger partial charge in [0.15, 0.2) is 0 Å². The van der Waals surface area contributed by atoms with E-state index in [9.17, 15) is 13.2 Å². The number of sulfonamides is 1. The maximum absolute atomic E-state index is 12.1. The summed E-state index contributed by atoms with van der Waals surface area (Å²) < 4.78 is 22.7. The van der Waals surface area contributed by atoms with Crippen LogP contribution in [0, 0.1) is 12.3 Å². The molecule has 7 heteroatoms. The Bertz CT molecular complexity index is 583. The maximum atomic E-state index is 12.1. The van der Waals surface area contributed by atoms with Crippen molar-refractivity contribution < 1.29 is 13.2 Å². The van der Waals surface area contributed by atoms with Crippen LogP contribution in [0.2, 0.25) is 0 Å². The van der Waals surface area contributed by atoms with Gasteiger partial charge >= 0.3 is 0 Å². The number of hydrogen-bond acceptors (Lipinski definition) is 4. The van der Waals surface area contributed by atoms with E-state index in [1.165, 1.54) is 5.38 Å². The van der Waals surface area contributed by atoms with Crippen LogP contribution in [0.5, 0.6) is 0 Å². The van der Waals surface area contributed by atoms with E-state index in [-0.39, 0.29) is 21.6 Å². The summed E-state index contributed by atoms with van der Waals surface area (Å²) in [5, 5.41) is 9.49. The van der Waals surface area contributed by atoms with Crippen LogP contribution in [0.25, 0.3) is 0 Å². The van der Waals surface area contributed by atoms with Crippen molar-refractivity contribution in [2.45, 2.75) is 44.9 Å². The highest BCUT2D eigenvalue weighted by molar-refractivity contribution is 7.91. The highest BCUT2D eigenvalue weighted by atomic mass is 32.2. The Morgan fingerprint density at radius 3 is 2.32 bits per heavy atom. The second-order valence-electron chi connectivity index (χ2n) is 5.67. The first kappa shape index (κ1) is 16.1. The average Bonchev–Trinajstić information content (AvgIpc) is 2.57. The second-order valence-corrected chi connectivity index (χ2v) is 8.30. The monoisotopic (exact) mass is 304 g/mol. The third kappa shape index (κ3) is 3.77. The molecular formula is C12H20N2O3S2.